The molecule has 0 amide bonds. The summed E-state index contributed by atoms with van der Waals surface area (Å²) in [5.41, 5.74) is 1.72. The summed E-state index contributed by atoms with van der Waals surface area (Å²) in [6, 6.07) is 3.65. The summed E-state index contributed by atoms with van der Waals surface area (Å²) in [7, 11) is 0. The summed E-state index contributed by atoms with van der Waals surface area (Å²) in [6.45, 7) is 1.84. The molecule has 1 fully saturated rings. The number of halogens is 1. The second-order valence-electron chi connectivity index (χ2n) is 3.79. The third-order valence-corrected chi connectivity index (χ3v) is 2.73. The van der Waals surface area contributed by atoms with Crippen LogP contribution in [0.15, 0.2) is 12.1 Å². The summed E-state index contributed by atoms with van der Waals surface area (Å²) in [4.78, 5) is 10.2. The molecule has 0 saturated heterocycles. The summed E-state index contributed by atoms with van der Waals surface area (Å²) in [5.74, 6) is 0. The minimum atomic E-state index is -0.462. The first kappa shape index (κ1) is 10.2. The van der Waals surface area contributed by atoms with Crippen molar-refractivity contribution in [2.75, 3.05) is 5.32 Å². The van der Waals surface area contributed by atoms with Crippen LogP contribution in [0.3, 0.4) is 0 Å². The molecular weight excluding hydrogens is 216 g/mol. The van der Waals surface area contributed by atoms with Crippen LogP contribution in [-0.2, 0) is 0 Å². The number of anilines is 1. The molecule has 1 aliphatic rings. The van der Waals surface area contributed by atoms with Gasteiger partial charge in [0.05, 0.1) is 4.92 Å². The summed E-state index contributed by atoms with van der Waals surface area (Å²) >= 11 is 5.82. The van der Waals surface area contributed by atoms with Crippen LogP contribution in [-0.4, -0.2) is 11.0 Å². The predicted molar refractivity (Wildman–Crippen MR) is 59.5 cm³/mol. The van der Waals surface area contributed by atoms with E-state index in [-0.39, 0.29) is 10.7 Å². The Balaban J connectivity index is 2.32. The molecule has 0 radical (unpaired) electrons. The highest BCUT2D eigenvalue weighted by atomic mass is 35.5. The van der Waals surface area contributed by atoms with Crippen LogP contribution in [0.2, 0.25) is 5.02 Å². The summed E-state index contributed by atoms with van der Waals surface area (Å²) < 4.78 is 0. The second kappa shape index (κ2) is 3.70. The maximum absolute atomic E-state index is 10.6. The van der Waals surface area contributed by atoms with Gasteiger partial charge >= 0.3 is 0 Å². The van der Waals surface area contributed by atoms with Crippen LogP contribution in [0.4, 0.5) is 11.4 Å². The highest BCUT2D eigenvalue weighted by Gasteiger charge is 2.23. The molecule has 1 N–H and O–H groups in total. The quantitative estimate of drug-likeness (QED) is 0.636. The molecule has 0 atom stereocenters. The van der Waals surface area contributed by atoms with E-state index in [4.69, 9.17) is 11.6 Å². The average molecular weight is 227 g/mol. The van der Waals surface area contributed by atoms with E-state index in [1.54, 1.807) is 6.07 Å². The van der Waals surface area contributed by atoms with Gasteiger partial charge in [0.15, 0.2) is 0 Å². The van der Waals surface area contributed by atoms with Gasteiger partial charge in [0.25, 0.3) is 5.69 Å². The fraction of sp³-hybridized carbons (Fsp3) is 0.400. The molecule has 80 valence electrons. The molecule has 1 saturated carbocycles. The van der Waals surface area contributed by atoms with Gasteiger partial charge in [0, 0.05) is 17.8 Å². The van der Waals surface area contributed by atoms with E-state index >= 15 is 0 Å². The normalized spacial score (nSPS) is 15.1. The van der Waals surface area contributed by atoms with Crippen molar-refractivity contribution >= 4 is 23.0 Å². The van der Waals surface area contributed by atoms with Gasteiger partial charge in [0.2, 0.25) is 0 Å². The molecule has 5 heteroatoms. The largest absolute Gasteiger partial charge is 0.382 e. The number of nitrogens with one attached hydrogen (secondary N) is 1. The topological polar surface area (TPSA) is 55.2 Å². The molecule has 0 aliphatic heterocycles. The van der Waals surface area contributed by atoms with Gasteiger partial charge in [-0.1, -0.05) is 11.6 Å². The maximum Gasteiger partial charge on any atom is 0.288 e. The lowest BCUT2D eigenvalue weighted by atomic mass is 10.2. The first-order valence-corrected chi connectivity index (χ1v) is 5.17. The van der Waals surface area contributed by atoms with Crippen LogP contribution in [0.25, 0.3) is 0 Å². The van der Waals surface area contributed by atoms with Gasteiger partial charge in [-0.25, -0.2) is 0 Å². The van der Waals surface area contributed by atoms with Crippen LogP contribution < -0.4 is 5.32 Å². The smallest absolute Gasteiger partial charge is 0.288 e. The molecule has 4 nitrogen and oxygen atoms in total. The van der Waals surface area contributed by atoms with Crippen molar-refractivity contribution in [2.24, 2.45) is 0 Å². The number of rotatable bonds is 3. The second-order valence-corrected chi connectivity index (χ2v) is 4.20. The molecule has 0 aromatic heterocycles. The zero-order chi connectivity index (χ0) is 11.0. The molecule has 1 aromatic rings. The molecule has 0 spiro atoms. The SMILES string of the molecule is Cc1cc([N+](=O)[O-])c(Cl)cc1NC1CC1. The Hall–Kier alpha value is -1.29. The van der Waals surface area contributed by atoms with Crippen molar-refractivity contribution in [3.05, 3.63) is 32.8 Å². The number of nitro benzene ring substituents is 1. The van der Waals surface area contributed by atoms with E-state index in [1.165, 1.54) is 6.07 Å². The van der Waals surface area contributed by atoms with Crippen LogP contribution in [0.1, 0.15) is 18.4 Å². The molecule has 1 aromatic carbocycles. The summed E-state index contributed by atoms with van der Waals surface area (Å²) in [5, 5.41) is 14.1. The van der Waals surface area contributed by atoms with Crippen LogP contribution in [0.5, 0.6) is 0 Å². The van der Waals surface area contributed by atoms with Gasteiger partial charge in [-0.3, -0.25) is 10.1 Å². The van der Waals surface area contributed by atoms with E-state index in [2.05, 4.69) is 5.32 Å². The molecular formula is C10H11ClN2O2. The Morgan fingerprint density at radius 1 is 1.53 bits per heavy atom. The number of nitro groups is 1. The number of hydrogen-bond acceptors (Lipinski definition) is 3. The number of nitrogens with zero attached hydrogens (tertiary/aromatic N) is 1. The monoisotopic (exact) mass is 226 g/mol. The van der Waals surface area contributed by atoms with Crippen LogP contribution >= 0.6 is 11.6 Å². The third-order valence-electron chi connectivity index (χ3n) is 2.43. The zero-order valence-electron chi connectivity index (χ0n) is 8.29. The highest BCUT2D eigenvalue weighted by molar-refractivity contribution is 6.33. The number of hydrogen-bond donors (Lipinski definition) is 1. The van der Waals surface area contributed by atoms with Crippen LogP contribution in [0, 0.1) is 17.0 Å². The van der Waals surface area contributed by atoms with Crippen molar-refractivity contribution in [1.29, 1.82) is 0 Å². The number of aryl methyl sites for hydroxylation is 1. The van der Waals surface area contributed by atoms with Gasteiger partial charge in [-0.2, -0.15) is 0 Å². The lowest BCUT2D eigenvalue weighted by Crippen LogP contribution is -2.03. The fourth-order valence-corrected chi connectivity index (χ4v) is 1.64. The Labute approximate surface area is 92.4 Å². The number of benzene rings is 1. The van der Waals surface area contributed by atoms with E-state index < -0.39 is 4.92 Å². The van der Waals surface area contributed by atoms with Crippen molar-refractivity contribution in [3.63, 3.8) is 0 Å². The Morgan fingerprint density at radius 2 is 2.20 bits per heavy atom. The highest BCUT2D eigenvalue weighted by Crippen LogP contribution is 2.33. The molecule has 0 bridgehead atoms. The standard InChI is InChI=1S/C10H11ClN2O2/c1-6-4-10(13(14)15)8(11)5-9(6)12-7-2-3-7/h4-5,7,12H,2-3H2,1H3. The summed E-state index contributed by atoms with van der Waals surface area (Å²) in [6.07, 6.45) is 2.32. The first-order chi connectivity index (χ1) is 7.08. The van der Waals surface area contributed by atoms with Crippen molar-refractivity contribution in [2.45, 2.75) is 25.8 Å². The average Bonchev–Trinajstić information content (AvgIpc) is 2.94. The maximum atomic E-state index is 10.6. The third kappa shape index (κ3) is 2.21. The minimum Gasteiger partial charge on any atom is -0.382 e. The van der Waals surface area contributed by atoms with E-state index in [1.807, 2.05) is 6.92 Å². The molecule has 0 heterocycles. The first-order valence-electron chi connectivity index (χ1n) is 4.79. The lowest BCUT2D eigenvalue weighted by molar-refractivity contribution is -0.384. The predicted octanol–water partition coefficient (Wildman–Crippen LogP) is 3.13. The van der Waals surface area contributed by atoms with Gasteiger partial charge in [-0.05, 0) is 31.4 Å². The fourth-order valence-electron chi connectivity index (χ4n) is 1.41. The van der Waals surface area contributed by atoms with E-state index in [0.29, 0.717) is 6.04 Å². The molecule has 2 rings (SSSR count). The zero-order valence-corrected chi connectivity index (χ0v) is 9.04. The van der Waals surface area contributed by atoms with Gasteiger partial charge in [0.1, 0.15) is 5.02 Å². The molecule has 0 unspecified atom stereocenters. The van der Waals surface area contributed by atoms with E-state index in [0.717, 1.165) is 24.1 Å². The van der Waals surface area contributed by atoms with Crippen molar-refractivity contribution in [1.82, 2.24) is 0 Å². The Kier molecular flexibility index (Phi) is 2.52. The minimum absolute atomic E-state index is 0.0319. The lowest BCUT2D eigenvalue weighted by Gasteiger charge is -2.08. The van der Waals surface area contributed by atoms with Gasteiger partial charge in [-0.15, -0.1) is 0 Å². The molecule has 1 aliphatic carbocycles. The molecule has 15 heavy (non-hydrogen) atoms. The van der Waals surface area contributed by atoms with Crippen molar-refractivity contribution in [3.8, 4) is 0 Å². The van der Waals surface area contributed by atoms with Gasteiger partial charge < -0.3 is 5.32 Å². The Bertz CT molecular complexity index is 416. The van der Waals surface area contributed by atoms with E-state index in [9.17, 15) is 10.1 Å². The Morgan fingerprint density at radius 3 is 2.73 bits per heavy atom. The van der Waals surface area contributed by atoms with Crippen molar-refractivity contribution < 1.29 is 4.92 Å².